The van der Waals surface area contributed by atoms with Gasteiger partial charge in [-0.15, -0.1) is 6.42 Å². The number of hydrogen-bond donors (Lipinski definition) is 2. The molecule has 0 aliphatic heterocycles. The molecule has 0 radical (unpaired) electrons. The second-order valence-corrected chi connectivity index (χ2v) is 7.23. The van der Waals surface area contributed by atoms with Crippen LogP contribution in [0.1, 0.15) is 11.1 Å². The summed E-state index contributed by atoms with van der Waals surface area (Å²) >= 11 is 0. The highest BCUT2D eigenvalue weighted by Gasteiger charge is 2.13. The second kappa shape index (κ2) is 9.55. The smallest absolute Gasteiger partial charge is 0.261 e. The van der Waals surface area contributed by atoms with Crippen LogP contribution in [0.3, 0.4) is 0 Å². The van der Waals surface area contributed by atoms with E-state index in [1.54, 1.807) is 12.1 Å². The minimum Gasteiger partial charge on any atom is -0.480 e. The van der Waals surface area contributed by atoms with Crippen molar-refractivity contribution in [1.29, 1.82) is 5.26 Å². The van der Waals surface area contributed by atoms with Crippen molar-refractivity contribution in [3.63, 3.8) is 0 Å². The van der Waals surface area contributed by atoms with E-state index in [9.17, 15) is 10.1 Å². The normalized spacial score (nSPS) is 11.1. The van der Waals surface area contributed by atoms with Crippen molar-refractivity contribution in [3.8, 4) is 24.2 Å². The standard InChI is InChI=1S/C27H21N3O2/c1-2-15-32-26-12-11-19-7-3-4-8-22(19)24(26)16-21(17-28)27(31)29-14-13-20-18-30-25-10-6-5-9-23(20)25/h1,3-12,16,18,30H,13-15H2,(H,29,31)/b21-16-. The summed E-state index contributed by atoms with van der Waals surface area (Å²) in [7, 11) is 0. The van der Waals surface area contributed by atoms with Crippen molar-refractivity contribution in [2.24, 2.45) is 0 Å². The van der Waals surface area contributed by atoms with Crippen molar-refractivity contribution >= 4 is 33.7 Å². The minimum atomic E-state index is -0.428. The number of terminal acetylenes is 1. The number of nitrogens with zero attached hydrogens (tertiary/aromatic N) is 1. The number of nitriles is 1. The molecule has 156 valence electrons. The van der Waals surface area contributed by atoms with E-state index >= 15 is 0 Å². The lowest BCUT2D eigenvalue weighted by Gasteiger charge is -2.11. The highest BCUT2D eigenvalue weighted by molar-refractivity contribution is 6.05. The molecule has 5 nitrogen and oxygen atoms in total. The van der Waals surface area contributed by atoms with Gasteiger partial charge in [0.1, 0.15) is 24.0 Å². The fourth-order valence-corrected chi connectivity index (χ4v) is 3.71. The van der Waals surface area contributed by atoms with Gasteiger partial charge < -0.3 is 15.0 Å². The van der Waals surface area contributed by atoms with Crippen molar-refractivity contribution < 1.29 is 9.53 Å². The average molecular weight is 419 g/mol. The molecule has 1 aromatic heterocycles. The van der Waals surface area contributed by atoms with Gasteiger partial charge in [-0.1, -0.05) is 54.5 Å². The molecule has 5 heteroatoms. The van der Waals surface area contributed by atoms with Crippen LogP contribution in [0, 0.1) is 23.7 Å². The lowest BCUT2D eigenvalue weighted by Crippen LogP contribution is -2.26. The summed E-state index contributed by atoms with van der Waals surface area (Å²) in [6, 6.07) is 21.5. The van der Waals surface area contributed by atoms with Crippen molar-refractivity contribution in [2.75, 3.05) is 13.2 Å². The number of aromatic nitrogens is 1. The van der Waals surface area contributed by atoms with Crippen LogP contribution in [-0.4, -0.2) is 24.0 Å². The third-order valence-corrected chi connectivity index (χ3v) is 5.25. The highest BCUT2D eigenvalue weighted by atomic mass is 16.5. The van der Waals surface area contributed by atoms with Gasteiger partial charge in [-0.3, -0.25) is 4.79 Å². The molecule has 4 aromatic rings. The van der Waals surface area contributed by atoms with Crippen LogP contribution in [0.15, 0.2) is 72.4 Å². The minimum absolute atomic E-state index is 0.00540. The Kier molecular flexibility index (Phi) is 6.20. The molecule has 1 amide bonds. The third kappa shape index (κ3) is 4.33. The maximum absolute atomic E-state index is 12.7. The number of aromatic amines is 1. The van der Waals surface area contributed by atoms with E-state index in [2.05, 4.69) is 16.2 Å². The van der Waals surface area contributed by atoms with Crippen molar-refractivity contribution in [1.82, 2.24) is 10.3 Å². The largest absolute Gasteiger partial charge is 0.480 e. The van der Waals surface area contributed by atoms with E-state index in [4.69, 9.17) is 11.2 Å². The Morgan fingerprint density at radius 3 is 2.69 bits per heavy atom. The summed E-state index contributed by atoms with van der Waals surface area (Å²) in [5.41, 5.74) is 2.83. The number of carbonyl (C=O) groups is 1. The molecule has 32 heavy (non-hydrogen) atoms. The molecule has 0 saturated heterocycles. The zero-order valence-corrected chi connectivity index (χ0v) is 17.4. The number of rotatable bonds is 7. The molecule has 4 rings (SSSR count). The summed E-state index contributed by atoms with van der Waals surface area (Å²) < 4.78 is 5.67. The highest BCUT2D eigenvalue weighted by Crippen LogP contribution is 2.30. The molecular weight excluding hydrogens is 398 g/mol. The van der Waals surface area contributed by atoms with Crippen LogP contribution >= 0.6 is 0 Å². The number of para-hydroxylation sites is 1. The van der Waals surface area contributed by atoms with Gasteiger partial charge in [0, 0.05) is 29.2 Å². The van der Waals surface area contributed by atoms with Gasteiger partial charge in [-0.25, -0.2) is 0 Å². The Morgan fingerprint density at radius 1 is 1.09 bits per heavy atom. The Hall–Kier alpha value is -4.48. The van der Waals surface area contributed by atoms with Gasteiger partial charge in [0.2, 0.25) is 0 Å². The van der Waals surface area contributed by atoms with Crippen molar-refractivity contribution in [2.45, 2.75) is 6.42 Å². The van der Waals surface area contributed by atoms with Gasteiger partial charge in [-0.05, 0) is 41.0 Å². The SMILES string of the molecule is C#CCOc1ccc2ccccc2c1/C=C(/C#N)C(=O)NCCc1c[nH]c2ccccc12. The maximum atomic E-state index is 12.7. The van der Waals surface area contributed by atoms with Crippen LogP contribution in [0.4, 0.5) is 0 Å². The van der Waals surface area contributed by atoms with Gasteiger partial charge in [-0.2, -0.15) is 5.26 Å². The number of hydrogen-bond acceptors (Lipinski definition) is 3. The molecule has 1 heterocycles. The van der Waals surface area contributed by atoms with Crippen LogP contribution in [0.2, 0.25) is 0 Å². The second-order valence-electron chi connectivity index (χ2n) is 7.23. The summed E-state index contributed by atoms with van der Waals surface area (Å²) in [5.74, 6) is 2.55. The first kappa shape index (κ1) is 20.8. The molecule has 0 spiro atoms. The van der Waals surface area contributed by atoms with Gasteiger partial charge in [0.05, 0.1) is 0 Å². The van der Waals surface area contributed by atoms with Gasteiger partial charge >= 0.3 is 0 Å². The predicted molar refractivity (Wildman–Crippen MR) is 127 cm³/mol. The lowest BCUT2D eigenvalue weighted by molar-refractivity contribution is -0.117. The monoisotopic (exact) mass is 419 g/mol. The van der Waals surface area contributed by atoms with Crippen LogP contribution in [0.5, 0.6) is 5.75 Å². The summed E-state index contributed by atoms with van der Waals surface area (Å²) in [5, 5.41) is 15.5. The van der Waals surface area contributed by atoms with Crippen LogP contribution < -0.4 is 10.1 Å². The first-order chi connectivity index (χ1) is 15.7. The Bertz CT molecular complexity index is 1400. The molecule has 0 saturated carbocycles. The molecular formula is C27H21N3O2. The maximum Gasteiger partial charge on any atom is 0.261 e. The topological polar surface area (TPSA) is 77.9 Å². The van der Waals surface area contributed by atoms with E-state index in [-0.39, 0.29) is 12.2 Å². The summed E-state index contributed by atoms with van der Waals surface area (Å²) in [4.78, 5) is 16.0. The first-order valence-electron chi connectivity index (χ1n) is 10.2. The first-order valence-corrected chi connectivity index (χ1v) is 10.2. The lowest BCUT2D eigenvalue weighted by atomic mass is 10.0. The molecule has 0 fully saturated rings. The number of benzene rings is 3. The van der Waals surface area contributed by atoms with E-state index in [1.165, 1.54) is 0 Å². The Morgan fingerprint density at radius 2 is 1.88 bits per heavy atom. The number of nitrogens with one attached hydrogen (secondary N) is 2. The quantitative estimate of drug-likeness (QED) is 0.261. The molecule has 2 N–H and O–H groups in total. The van der Waals surface area contributed by atoms with Crippen LogP contribution in [-0.2, 0) is 11.2 Å². The van der Waals surface area contributed by atoms with Gasteiger partial charge in [0.15, 0.2) is 0 Å². The van der Waals surface area contributed by atoms with E-state index < -0.39 is 5.91 Å². The Balaban J connectivity index is 1.56. The average Bonchev–Trinajstić information content (AvgIpc) is 3.24. The number of H-pyrrole nitrogens is 1. The number of carbonyl (C=O) groups excluding carboxylic acids is 1. The van der Waals surface area contributed by atoms with E-state index in [0.29, 0.717) is 24.3 Å². The molecule has 0 aliphatic rings. The molecule has 0 bridgehead atoms. The van der Waals surface area contributed by atoms with Crippen molar-refractivity contribution in [3.05, 3.63) is 83.6 Å². The third-order valence-electron chi connectivity index (χ3n) is 5.25. The number of fused-ring (bicyclic) bond motifs is 2. The fraction of sp³-hybridized carbons (Fsp3) is 0.111. The van der Waals surface area contributed by atoms with Crippen LogP contribution in [0.25, 0.3) is 27.8 Å². The predicted octanol–water partition coefficient (Wildman–Crippen LogP) is 4.60. The molecule has 0 aliphatic carbocycles. The fourth-order valence-electron chi connectivity index (χ4n) is 3.71. The summed E-state index contributed by atoms with van der Waals surface area (Å²) in [6.07, 6.45) is 9.50. The van der Waals surface area contributed by atoms with E-state index in [0.717, 1.165) is 27.2 Å². The zero-order valence-electron chi connectivity index (χ0n) is 17.4. The van der Waals surface area contributed by atoms with E-state index in [1.807, 2.05) is 66.9 Å². The number of ether oxygens (including phenoxy) is 1. The molecule has 0 atom stereocenters. The molecule has 0 unspecified atom stereocenters. The Labute approximate surface area is 186 Å². The zero-order chi connectivity index (χ0) is 22.3. The van der Waals surface area contributed by atoms with Gasteiger partial charge in [0.25, 0.3) is 5.91 Å². The summed E-state index contributed by atoms with van der Waals surface area (Å²) in [6.45, 7) is 0.508. The number of amides is 1. The molecule has 3 aromatic carbocycles.